The lowest BCUT2D eigenvalue weighted by molar-refractivity contribution is 0.0526. The summed E-state index contributed by atoms with van der Waals surface area (Å²) < 4.78 is 6.29. The zero-order valence-corrected chi connectivity index (χ0v) is 16.8. The van der Waals surface area contributed by atoms with Crippen molar-refractivity contribution in [1.29, 1.82) is 0 Å². The van der Waals surface area contributed by atoms with Gasteiger partial charge in [-0.05, 0) is 37.3 Å². The molecule has 1 N–H and O–H groups in total. The van der Waals surface area contributed by atoms with Gasteiger partial charge in [0.25, 0.3) is 5.56 Å². The van der Waals surface area contributed by atoms with Gasteiger partial charge in [0.2, 0.25) is 5.95 Å². The van der Waals surface area contributed by atoms with E-state index in [0.29, 0.717) is 15.9 Å². The molecule has 0 aliphatic carbocycles. The van der Waals surface area contributed by atoms with Gasteiger partial charge in [0.15, 0.2) is 0 Å². The van der Waals surface area contributed by atoms with Gasteiger partial charge in [-0.3, -0.25) is 9.78 Å². The van der Waals surface area contributed by atoms with Gasteiger partial charge in [-0.25, -0.2) is 14.5 Å². The predicted octanol–water partition coefficient (Wildman–Crippen LogP) is 4.09. The second-order valence-electron chi connectivity index (χ2n) is 6.00. The van der Waals surface area contributed by atoms with E-state index in [9.17, 15) is 9.59 Å². The average molecular weight is 427 g/mol. The number of carbonyl (C=O) groups excluding carboxylic acids is 1. The molecule has 4 aromatic rings. The fourth-order valence-electron chi connectivity index (χ4n) is 2.69. The monoisotopic (exact) mass is 426 g/mol. The smallest absolute Gasteiger partial charge is 0.341 e. The zero-order valence-electron chi connectivity index (χ0n) is 15.3. The van der Waals surface area contributed by atoms with Crippen LogP contribution in [-0.4, -0.2) is 32.3 Å². The molecule has 2 aromatic heterocycles. The van der Waals surface area contributed by atoms with Crippen LogP contribution < -0.4 is 5.56 Å². The maximum absolute atomic E-state index is 12.5. The van der Waals surface area contributed by atoms with Crippen LogP contribution in [0.4, 0.5) is 0 Å². The number of nitrogens with zero attached hydrogens (tertiary/aromatic N) is 3. The summed E-state index contributed by atoms with van der Waals surface area (Å²) in [6.07, 6.45) is 2.83. The number of ether oxygens (including phenoxy) is 1. The lowest BCUT2D eigenvalue weighted by Crippen LogP contribution is -2.14. The first kappa shape index (κ1) is 19.2. The number of hydrogen-bond acceptors (Lipinski definition) is 6. The van der Waals surface area contributed by atoms with Gasteiger partial charge in [0.05, 0.1) is 34.3 Å². The highest BCUT2D eigenvalue weighted by molar-refractivity contribution is 7.99. The van der Waals surface area contributed by atoms with Gasteiger partial charge in [-0.15, -0.1) is 0 Å². The van der Waals surface area contributed by atoms with Crippen molar-refractivity contribution in [2.75, 3.05) is 6.61 Å². The summed E-state index contributed by atoms with van der Waals surface area (Å²) in [5.74, 6) is -0.279. The summed E-state index contributed by atoms with van der Waals surface area (Å²) in [5.41, 5.74) is 0.485. The molecular weight excluding hydrogens is 412 g/mol. The van der Waals surface area contributed by atoms with Gasteiger partial charge >= 0.3 is 5.97 Å². The summed E-state index contributed by atoms with van der Waals surface area (Å²) in [4.78, 5) is 33.3. The number of hydrogen-bond donors (Lipinski definition) is 1. The molecule has 2 heterocycles. The van der Waals surface area contributed by atoms with Crippen LogP contribution in [0.25, 0.3) is 16.9 Å². The number of carbonyl (C=O) groups is 1. The van der Waals surface area contributed by atoms with Gasteiger partial charge in [0.1, 0.15) is 0 Å². The molecular formula is C20H15ClN4O3S. The van der Waals surface area contributed by atoms with E-state index < -0.39 is 5.97 Å². The summed E-state index contributed by atoms with van der Waals surface area (Å²) in [5, 5.41) is 5.21. The van der Waals surface area contributed by atoms with E-state index in [2.05, 4.69) is 15.1 Å². The minimum absolute atomic E-state index is 0.206. The second-order valence-corrected chi connectivity index (χ2v) is 7.52. The van der Waals surface area contributed by atoms with Crippen LogP contribution in [-0.2, 0) is 4.74 Å². The maximum Gasteiger partial charge on any atom is 0.341 e. The summed E-state index contributed by atoms with van der Waals surface area (Å²) in [6.45, 7) is 1.99. The first-order valence-electron chi connectivity index (χ1n) is 8.74. The number of benzene rings is 2. The van der Waals surface area contributed by atoms with E-state index in [1.54, 1.807) is 13.0 Å². The van der Waals surface area contributed by atoms with Crippen molar-refractivity contribution in [2.24, 2.45) is 0 Å². The lowest BCUT2D eigenvalue weighted by Gasteiger charge is -2.06. The van der Waals surface area contributed by atoms with Crippen LogP contribution in [0.5, 0.6) is 0 Å². The largest absolute Gasteiger partial charge is 0.462 e. The quantitative estimate of drug-likeness (QED) is 0.483. The van der Waals surface area contributed by atoms with Crippen LogP contribution in [0.15, 0.2) is 69.4 Å². The van der Waals surface area contributed by atoms with Crippen LogP contribution >= 0.6 is 23.4 Å². The predicted molar refractivity (Wildman–Crippen MR) is 111 cm³/mol. The third kappa shape index (κ3) is 4.03. The molecule has 0 bridgehead atoms. The number of H-pyrrole nitrogens is 1. The zero-order chi connectivity index (χ0) is 20.4. The van der Waals surface area contributed by atoms with Crippen molar-refractivity contribution < 1.29 is 9.53 Å². The fourth-order valence-corrected chi connectivity index (χ4v) is 3.82. The SMILES string of the molecule is CCOC(=O)c1cnn(-c2nc3cc(Sc4ccccc4Cl)ccc3c(=O)[nH]2)c1. The van der Waals surface area contributed by atoms with E-state index >= 15 is 0 Å². The van der Waals surface area contributed by atoms with E-state index in [0.717, 1.165) is 9.79 Å². The molecule has 2 aromatic carbocycles. The maximum atomic E-state index is 12.5. The lowest BCUT2D eigenvalue weighted by atomic mass is 10.2. The molecule has 0 aliphatic heterocycles. The van der Waals surface area contributed by atoms with Crippen LogP contribution in [0.3, 0.4) is 0 Å². The van der Waals surface area contributed by atoms with Gasteiger partial charge in [-0.1, -0.05) is 35.5 Å². The Bertz CT molecular complexity index is 1270. The average Bonchev–Trinajstić information content (AvgIpc) is 3.20. The highest BCUT2D eigenvalue weighted by Crippen LogP contribution is 2.33. The van der Waals surface area contributed by atoms with Crippen molar-refractivity contribution >= 4 is 40.2 Å². The van der Waals surface area contributed by atoms with Crippen molar-refractivity contribution in [3.63, 3.8) is 0 Å². The Morgan fingerprint density at radius 3 is 2.90 bits per heavy atom. The molecule has 29 heavy (non-hydrogen) atoms. The molecule has 7 nitrogen and oxygen atoms in total. The molecule has 0 radical (unpaired) electrons. The molecule has 0 amide bonds. The highest BCUT2D eigenvalue weighted by Gasteiger charge is 2.13. The van der Waals surface area contributed by atoms with Gasteiger partial charge in [-0.2, -0.15) is 5.10 Å². The minimum atomic E-state index is -0.486. The highest BCUT2D eigenvalue weighted by atomic mass is 35.5. The molecule has 0 atom stereocenters. The van der Waals surface area contributed by atoms with Crippen molar-refractivity contribution in [1.82, 2.24) is 19.7 Å². The number of esters is 1. The first-order valence-corrected chi connectivity index (χ1v) is 9.93. The van der Waals surface area contributed by atoms with Crippen molar-refractivity contribution in [2.45, 2.75) is 16.7 Å². The number of rotatable bonds is 5. The summed E-state index contributed by atoms with van der Waals surface area (Å²) in [6, 6.07) is 12.9. The van der Waals surface area contributed by atoms with E-state index in [1.807, 2.05) is 36.4 Å². The third-order valence-electron chi connectivity index (χ3n) is 4.04. The molecule has 0 unspecified atom stereocenters. The van der Waals surface area contributed by atoms with Crippen molar-refractivity contribution in [3.05, 3.63) is 75.8 Å². The van der Waals surface area contributed by atoms with Crippen LogP contribution in [0, 0.1) is 0 Å². The summed E-state index contributed by atoms with van der Waals surface area (Å²) >= 11 is 7.71. The molecule has 0 aliphatic rings. The third-order valence-corrected chi connectivity index (χ3v) is 5.55. The van der Waals surface area contributed by atoms with Crippen LogP contribution in [0.1, 0.15) is 17.3 Å². The van der Waals surface area contributed by atoms with Crippen LogP contribution in [0.2, 0.25) is 5.02 Å². The Labute approximate surface area is 174 Å². The molecule has 9 heteroatoms. The molecule has 146 valence electrons. The number of aromatic nitrogens is 4. The molecule has 0 fully saturated rings. The topological polar surface area (TPSA) is 89.9 Å². The number of aromatic amines is 1. The Morgan fingerprint density at radius 2 is 2.10 bits per heavy atom. The standard InChI is InChI=1S/C20H15ClN4O3S/c1-2-28-19(27)12-10-22-25(11-12)20-23-16-9-13(7-8-14(16)18(26)24-20)29-17-6-4-3-5-15(17)21/h3-11H,2H2,1H3,(H,23,24,26). The van der Waals surface area contributed by atoms with Gasteiger partial charge < -0.3 is 4.74 Å². The minimum Gasteiger partial charge on any atom is -0.462 e. The Kier molecular flexibility index (Phi) is 5.37. The van der Waals surface area contributed by atoms with E-state index in [4.69, 9.17) is 16.3 Å². The van der Waals surface area contributed by atoms with Gasteiger partial charge in [0, 0.05) is 16.0 Å². The molecule has 4 rings (SSSR count). The number of fused-ring (bicyclic) bond motifs is 1. The normalized spacial score (nSPS) is 11.0. The number of halogens is 1. The van der Waals surface area contributed by atoms with E-state index in [1.165, 1.54) is 28.8 Å². The van der Waals surface area contributed by atoms with Crippen molar-refractivity contribution in [3.8, 4) is 5.95 Å². The Morgan fingerprint density at radius 1 is 1.28 bits per heavy atom. The molecule has 0 spiro atoms. The Hall–Kier alpha value is -3.10. The molecule has 0 saturated carbocycles. The second kappa shape index (κ2) is 8.10. The molecule has 0 saturated heterocycles. The van der Waals surface area contributed by atoms with E-state index in [-0.39, 0.29) is 23.7 Å². The first-order chi connectivity index (χ1) is 14.0. The summed E-state index contributed by atoms with van der Waals surface area (Å²) in [7, 11) is 0. The number of nitrogens with one attached hydrogen (secondary N) is 1. The fraction of sp³-hybridized carbons (Fsp3) is 0.100. The Balaban J connectivity index is 1.71.